The standard InChI is InChI=1S/C14H18N4O2/c1-17(9-12-3-2-5-15-7-12)10-13-8-16-18(11-13)6-4-14(19)20/h2-3,5,7-8,11H,4,6,9-10H2,1H3,(H,19,20). The molecule has 0 saturated heterocycles. The Morgan fingerprint density at radius 1 is 1.35 bits per heavy atom. The number of carboxylic acid groups (broad SMARTS) is 1. The van der Waals surface area contributed by atoms with Crippen molar-refractivity contribution in [1.82, 2.24) is 19.7 Å². The maximum Gasteiger partial charge on any atom is 0.305 e. The van der Waals surface area contributed by atoms with Crippen molar-refractivity contribution < 1.29 is 9.90 Å². The Morgan fingerprint density at radius 2 is 2.15 bits per heavy atom. The van der Waals surface area contributed by atoms with Gasteiger partial charge in [-0.15, -0.1) is 0 Å². The minimum Gasteiger partial charge on any atom is -0.481 e. The van der Waals surface area contributed by atoms with Crippen LogP contribution in [0.5, 0.6) is 0 Å². The van der Waals surface area contributed by atoms with E-state index in [4.69, 9.17) is 5.11 Å². The number of carbonyl (C=O) groups is 1. The summed E-state index contributed by atoms with van der Waals surface area (Å²) in [7, 11) is 2.03. The van der Waals surface area contributed by atoms with E-state index in [0.717, 1.165) is 24.2 Å². The average molecular weight is 274 g/mol. The molecule has 0 aliphatic rings. The number of nitrogens with zero attached hydrogens (tertiary/aromatic N) is 4. The Hall–Kier alpha value is -2.21. The molecule has 0 radical (unpaired) electrons. The van der Waals surface area contributed by atoms with Gasteiger partial charge < -0.3 is 5.11 Å². The van der Waals surface area contributed by atoms with Crippen LogP contribution in [0, 0.1) is 0 Å². The second-order valence-electron chi connectivity index (χ2n) is 4.79. The fraction of sp³-hybridized carbons (Fsp3) is 0.357. The summed E-state index contributed by atoms with van der Waals surface area (Å²) in [5, 5.41) is 12.8. The predicted molar refractivity (Wildman–Crippen MR) is 73.9 cm³/mol. The van der Waals surface area contributed by atoms with E-state index < -0.39 is 5.97 Å². The number of aromatic nitrogens is 3. The zero-order valence-electron chi connectivity index (χ0n) is 11.4. The van der Waals surface area contributed by atoms with Crippen LogP contribution in [-0.2, 0) is 24.4 Å². The highest BCUT2D eigenvalue weighted by Gasteiger charge is 2.05. The van der Waals surface area contributed by atoms with Crippen molar-refractivity contribution in [2.45, 2.75) is 26.1 Å². The fourth-order valence-electron chi connectivity index (χ4n) is 1.99. The van der Waals surface area contributed by atoms with Gasteiger partial charge in [-0.3, -0.25) is 19.4 Å². The van der Waals surface area contributed by atoms with Crippen LogP contribution in [0.3, 0.4) is 0 Å². The quantitative estimate of drug-likeness (QED) is 0.826. The summed E-state index contributed by atoms with van der Waals surface area (Å²) in [5.74, 6) is -0.809. The lowest BCUT2D eigenvalue weighted by Crippen LogP contribution is -2.17. The molecule has 6 nitrogen and oxygen atoms in total. The fourth-order valence-corrected chi connectivity index (χ4v) is 1.99. The second-order valence-corrected chi connectivity index (χ2v) is 4.79. The van der Waals surface area contributed by atoms with Crippen molar-refractivity contribution in [1.29, 1.82) is 0 Å². The number of hydrogen-bond acceptors (Lipinski definition) is 4. The number of carboxylic acids is 1. The van der Waals surface area contributed by atoms with Gasteiger partial charge in [-0.1, -0.05) is 6.07 Å². The minimum atomic E-state index is -0.809. The van der Waals surface area contributed by atoms with Crippen LogP contribution in [0.25, 0.3) is 0 Å². The molecule has 0 amide bonds. The van der Waals surface area contributed by atoms with Crippen LogP contribution in [0.1, 0.15) is 17.5 Å². The van der Waals surface area contributed by atoms with E-state index in [0.29, 0.717) is 6.54 Å². The zero-order valence-corrected chi connectivity index (χ0v) is 11.4. The Labute approximate surface area is 117 Å². The third kappa shape index (κ3) is 4.47. The van der Waals surface area contributed by atoms with Crippen molar-refractivity contribution in [3.05, 3.63) is 48.0 Å². The molecule has 0 aliphatic carbocycles. The summed E-state index contributed by atoms with van der Waals surface area (Å²) >= 11 is 0. The maximum absolute atomic E-state index is 10.5. The first-order valence-electron chi connectivity index (χ1n) is 6.44. The molecule has 0 fully saturated rings. The van der Waals surface area contributed by atoms with Gasteiger partial charge in [-0.2, -0.15) is 5.10 Å². The van der Waals surface area contributed by atoms with Gasteiger partial charge in [-0.05, 0) is 18.7 Å². The van der Waals surface area contributed by atoms with Gasteiger partial charge in [0.15, 0.2) is 0 Å². The Bertz CT molecular complexity index is 553. The molecule has 0 aliphatic heterocycles. The first-order valence-corrected chi connectivity index (χ1v) is 6.44. The lowest BCUT2D eigenvalue weighted by Gasteiger charge is -2.15. The Balaban J connectivity index is 1.85. The molecule has 0 aromatic carbocycles. The van der Waals surface area contributed by atoms with E-state index in [2.05, 4.69) is 15.0 Å². The molecule has 106 valence electrons. The molecule has 1 N–H and O–H groups in total. The SMILES string of the molecule is CN(Cc1cccnc1)Cc1cnn(CCC(=O)O)c1. The first kappa shape index (κ1) is 14.2. The molecule has 20 heavy (non-hydrogen) atoms. The molecule has 2 aromatic heterocycles. The zero-order chi connectivity index (χ0) is 14.4. The summed E-state index contributed by atoms with van der Waals surface area (Å²) < 4.78 is 1.67. The summed E-state index contributed by atoms with van der Waals surface area (Å²) in [4.78, 5) is 16.8. The van der Waals surface area contributed by atoms with E-state index in [-0.39, 0.29) is 6.42 Å². The van der Waals surface area contributed by atoms with Crippen LogP contribution < -0.4 is 0 Å². The molecule has 2 aromatic rings. The highest BCUT2D eigenvalue weighted by molar-refractivity contribution is 5.66. The van der Waals surface area contributed by atoms with Crippen molar-refractivity contribution in [2.75, 3.05) is 7.05 Å². The molecule has 0 saturated carbocycles. The van der Waals surface area contributed by atoms with Gasteiger partial charge in [0.2, 0.25) is 0 Å². The van der Waals surface area contributed by atoms with E-state index in [1.807, 2.05) is 31.6 Å². The number of aryl methyl sites for hydroxylation is 1. The molecule has 2 rings (SSSR count). The minimum absolute atomic E-state index is 0.0899. The number of hydrogen-bond donors (Lipinski definition) is 1. The van der Waals surface area contributed by atoms with Gasteiger partial charge in [0.1, 0.15) is 0 Å². The first-order chi connectivity index (χ1) is 9.63. The van der Waals surface area contributed by atoms with Crippen molar-refractivity contribution in [3.63, 3.8) is 0 Å². The van der Waals surface area contributed by atoms with Gasteiger partial charge in [-0.25, -0.2) is 0 Å². The highest BCUT2D eigenvalue weighted by atomic mass is 16.4. The van der Waals surface area contributed by atoms with Crippen LogP contribution in [0.15, 0.2) is 36.9 Å². The molecule has 2 heterocycles. The molecule has 0 spiro atoms. The smallest absolute Gasteiger partial charge is 0.305 e. The van der Waals surface area contributed by atoms with Gasteiger partial charge in [0.25, 0.3) is 0 Å². The predicted octanol–water partition coefficient (Wildman–Crippen LogP) is 1.38. The second kappa shape index (κ2) is 6.81. The number of rotatable bonds is 7. The lowest BCUT2D eigenvalue weighted by molar-refractivity contribution is -0.137. The van der Waals surface area contributed by atoms with E-state index in [1.54, 1.807) is 17.1 Å². The molecular formula is C14H18N4O2. The molecule has 0 bridgehead atoms. The third-order valence-corrected chi connectivity index (χ3v) is 2.87. The van der Waals surface area contributed by atoms with Crippen LogP contribution >= 0.6 is 0 Å². The average Bonchev–Trinajstić information content (AvgIpc) is 2.85. The van der Waals surface area contributed by atoms with E-state index in [9.17, 15) is 4.79 Å². The van der Waals surface area contributed by atoms with Gasteiger partial charge in [0.05, 0.1) is 19.2 Å². The third-order valence-electron chi connectivity index (χ3n) is 2.87. The molecule has 6 heteroatoms. The van der Waals surface area contributed by atoms with Crippen molar-refractivity contribution >= 4 is 5.97 Å². The van der Waals surface area contributed by atoms with Crippen LogP contribution in [0.4, 0.5) is 0 Å². The Kier molecular flexibility index (Phi) is 4.84. The molecule has 0 unspecified atom stereocenters. The highest BCUT2D eigenvalue weighted by Crippen LogP contribution is 2.07. The Morgan fingerprint density at radius 3 is 2.85 bits per heavy atom. The van der Waals surface area contributed by atoms with E-state index >= 15 is 0 Å². The van der Waals surface area contributed by atoms with Gasteiger partial charge in [0, 0.05) is 37.2 Å². The summed E-state index contributed by atoms with van der Waals surface area (Å²) in [6.07, 6.45) is 7.37. The monoisotopic (exact) mass is 274 g/mol. The topological polar surface area (TPSA) is 71.2 Å². The van der Waals surface area contributed by atoms with Crippen LogP contribution in [0.2, 0.25) is 0 Å². The van der Waals surface area contributed by atoms with Crippen LogP contribution in [-0.4, -0.2) is 37.8 Å². The summed E-state index contributed by atoms with van der Waals surface area (Å²) in [6.45, 7) is 1.98. The molecule has 0 atom stereocenters. The number of pyridine rings is 1. The van der Waals surface area contributed by atoms with Gasteiger partial charge >= 0.3 is 5.97 Å². The maximum atomic E-state index is 10.5. The van der Waals surface area contributed by atoms with Crippen molar-refractivity contribution in [2.24, 2.45) is 0 Å². The summed E-state index contributed by atoms with van der Waals surface area (Å²) in [5.41, 5.74) is 2.23. The van der Waals surface area contributed by atoms with E-state index in [1.165, 1.54) is 0 Å². The number of aliphatic carboxylic acids is 1. The summed E-state index contributed by atoms with van der Waals surface area (Å²) in [6, 6.07) is 3.97. The van der Waals surface area contributed by atoms with Crippen molar-refractivity contribution in [3.8, 4) is 0 Å². The lowest BCUT2D eigenvalue weighted by atomic mass is 10.2. The largest absolute Gasteiger partial charge is 0.481 e. The molecular weight excluding hydrogens is 256 g/mol. The normalized spacial score (nSPS) is 10.9.